The molecule has 3 aromatic rings. The number of amides is 1. The van der Waals surface area contributed by atoms with E-state index >= 15 is 0 Å². The van der Waals surface area contributed by atoms with Crippen LogP contribution in [0.2, 0.25) is 0 Å². The SMILES string of the molecule is CC1(C)OCCn2c1nc(C(=O)NCc1ccccc1-c1ccncc1)c(O)c2=O. The lowest BCUT2D eigenvalue weighted by Crippen LogP contribution is -2.42. The molecule has 4 rings (SSSR count). The summed E-state index contributed by atoms with van der Waals surface area (Å²) < 4.78 is 7.03. The summed E-state index contributed by atoms with van der Waals surface area (Å²) in [4.78, 5) is 33.7. The molecule has 0 saturated heterocycles. The second-order valence-electron chi connectivity index (χ2n) is 7.52. The second kappa shape index (κ2) is 7.72. The molecule has 2 aromatic heterocycles. The number of hydrogen-bond donors (Lipinski definition) is 2. The molecular weight excluding hydrogens is 384 g/mol. The summed E-state index contributed by atoms with van der Waals surface area (Å²) in [6.07, 6.45) is 3.41. The fraction of sp³-hybridized carbons (Fsp3) is 0.273. The van der Waals surface area contributed by atoms with Gasteiger partial charge in [0.1, 0.15) is 11.4 Å². The summed E-state index contributed by atoms with van der Waals surface area (Å²) in [7, 11) is 0. The van der Waals surface area contributed by atoms with Crippen molar-refractivity contribution in [1.29, 1.82) is 0 Å². The van der Waals surface area contributed by atoms with Gasteiger partial charge in [0, 0.05) is 18.9 Å². The number of pyridine rings is 1. The highest BCUT2D eigenvalue weighted by Gasteiger charge is 2.34. The lowest BCUT2D eigenvalue weighted by atomic mass is 10.0. The normalized spacial score (nSPS) is 14.7. The van der Waals surface area contributed by atoms with Gasteiger partial charge in [-0.25, -0.2) is 4.98 Å². The molecule has 3 heterocycles. The number of nitrogens with zero attached hydrogens (tertiary/aromatic N) is 3. The molecule has 30 heavy (non-hydrogen) atoms. The van der Waals surface area contributed by atoms with Crippen LogP contribution in [-0.4, -0.2) is 32.2 Å². The van der Waals surface area contributed by atoms with Gasteiger partial charge >= 0.3 is 0 Å². The van der Waals surface area contributed by atoms with Crippen LogP contribution in [0.4, 0.5) is 0 Å². The predicted molar refractivity (Wildman–Crippen MR) is 110 cm³/mol. The second-order valence-corrected chi connectivity index (χ2v) is 7.52. The molecular formula is C22H22N4O4. The average Bonchev–Trinajstić information content (AvgIpc) is 2.75. The summed E-state index contributed by atoms with van der Waals surface area (Å²) in [5, 5.41) is 13.1. The maximum absolute atomic E-state index is 12.8. The molecule has 0 spiro atoms. The first-order chi connectivity index (χ1) is 14.4. The number of benzene rings is 1. The van der Waals surface area contributed by atoms with E-state index in [1.807, 2.05) is 36.4 Å². The van der Waals surface area contributed by atoms with E-state index in [1.54, 1.807) is 26.2 Å². The van der Waals surface area contributed by atoms with Gasteiger partial charge in [0.15, 0.2) is 5.69 Å². The Labute approximate surface area is 173 Å². The highest BCUT2D eigenvalue weighted by Crippen LogP contribution is 2.27. The Morgan fingerprint density at radius 3 is 2.73 bits per heavy atom. The van der Waals surface area contributed by atoms with Crippen LogP contribution in [0.1, 0.15) is 35.7 Å². The lowest BCUT2D eigenvalue weighted by Gasteiger charge is -2.32. The van der Waals surface area contributed by atoms with Gasteiger partial charge in [-0.2, -0.15) is 0 Å². The van der Waals surface area contributed by atoms with Crippen LogP contribution in [0.5, 0.6) is 5.75 Å². The molecule has 0 unspecified atom stereocenters. The van der Waals surface area contributed by atoms with E-state index < -0.39 is 22.8 Å². The van der Waals surface area contributed by atoms with Gasteiger partial charge < -0.3 is 15.2 Å². The first-order valence-electron chi connectivity index (χ1n) is 9.63. The fourth-order valence-electron chi connectivity index (χ4n) is 3.57. The molecule has 0 fully saturated rings. The van der Waals surface area contributed by atoms with E-state index in [1.165, 1.54) is 4.57 Å². The van der Waals surface area contributed by atoms with Crippen LogP contribution in [0, 0.1) is 0 Å². The Morgan fingerprint density at radius 1 is 1.23 bits per heavy atom. The summed E-state index contributed by atoms with van der Waals surface area (Å²) in [6.45, 7) is 4.36. The fourth-order valence-corrected chi connectivity index (χ4v) is 3.57. The van der Waals surface area contributed by atoms with Crippen LogP contribution in [-0.2, 0) is 23.4 Å². The number of aromatic nitrogens is 3. The van der Waals surface area contributed by atoms with Gasteiger partial charge in [-0.1, -0.05) is 24.3 Å². The van der Waals surface area contributed by atoms with Crippen molar-refractivity contribution in [2.24, 2.45) is 0 Å². The molecule has 8 heteroatoms. The van der Waals surface area contributed by atoms with E-state index in [0.29, 0.717) is 12.4 Å². The number of fused-ring (bicyclic) bond motifs is 1. The molecule has 1 aromatic carbocycles. The molecule has 0 radical (unpaired) electrons. The van der Waals surface area contributed by atoms with Gasteiger partial charge in [-0.15, -0.1) is 0 Å². The lowest BCUT2D eigenvalue weighted by molar-refractivity contribution is -0.0566. The number of nitrogens with one attached hydrogen (secondary N) is 1. The molecule has 1 aliphatic heterocycles. The zero-order chi connectivity index (χ0) is 21.3. The molecule has 0 aliphatic carbocycles. The van der Waals surface area contributed by atoms with Crippen molar-refractivity contribution in [1.82, 2.24) is 19.9 Å². The van der Waals surface area contributed by atoms with Crippen molar-refractivity contribution in [3.63, 3.8) is 0 Å². The third kappa shape index (κ3) is 3.57. The molecule has 1 aliphatic rings. The maximum atomic E-state index is 12.8. The van der Waals surface area contributed by atoms with Crippen LogP contribution < -0.4 is 10.9 Å². The minimum absolute atomic E-state index is 0.205. The number of aromatic hydroxyl groups is 1. The number of carbonyl (C=O) groups excluding carboxylic acids is 1. The predicted octanol–water partition coefficient (Wildman–Crippen LogP) is 2.21. The molecule has 0 bridgehead atoms. The van der Waals surface area contributed by atoms with Crippen molar-refractivity contribution in [3.8, 4) is 16.9 Å². The minimum atomic E-state index is -0.839. The number of rotatable bonds is 4. The molecule has 1 amide bonds. The molecule has 0 saturated carbocycles. The zero-order valence-corrected chi connectivity index (χ0v) is 16.8. The Kier molecular flexibility index (Phi) is 5.09. The van der Waals surface area contributed by atoms with E-state index in [0.717, 1.165) is 16.7 Å². The monoisotopic (exact) mass is 406 g/mol. The smallest absolute Gasteiger partial charge is 0.296 e. The topological polar surface area (TPSA) is 106 Å². The molecule has 154 valence electrons. The van der Waals surface area contributed by atoms with Crippen LogP contribution >= 0.6 is 0 Å². The van der Waals surface area contributed by atoms with Crippen LogP contribution in [0.15, 0.2) is 53.6 Å². The highest BCUT2D eigenvalue weighted by molar-refractivity contribution is 5.94. The van der Waals surface area contributed by atoms with Crippen molar-refractivity contribution < 1.29 is 14.6 Å². The third-order valence-electron chi connectivity index (χ3n) is 5.12. The van der Waals surface area contributed by atoms with E-state index in [9.17, 15) is 14.7 Å². The van der Waals surface area contributed by atoms with E-state index in [2.05, 4.69) is 15.3 Å². The Balaban J connectivity index is 1.62. The summed E-state index contributed by atoms with van der Waals surface area (Å²) in [6, 6.07) is 11.4. The van der Waals surface area contributed by atoms with Crippen molar-refractivity contribution >= 4 is 5.91 Å². The van der Waals surface area contributed by atoms with Crippen LogP contribution in [0.25, 0.3) is 11.1 Å². The van der Waals surface area contributed by atoms with Gasteiger partial charge in [-0.3, -0.25) is 19.1 Å². The van der Waals surface area contributed by atoms with Gasteiger partial charge in [-0.05, 0) is 42.7 Å². The van der Waals surface area contributed by atoms with Crippen molar-refractivity contribution in [2.45, 2.75) is 32.5 Å². The third-order valence-corrected chi connectivity index (χ3v) is 5.12. The summed E-state index contributed by atoms with van der Waals surface area (Å²) in [5.41, 5.74) is 1.03. The standard InChI is InChI=1S/C22H22N4O4/c1-22(2)21-25-17(18(27)20(29)26(21)11-12-30-22)19(28)24-13-15-5-3-4-6-16(15)14-7-9-23-10-8-14/h3-10,27H,11-13H2,1-2H3,(H,24,28). The number of hydrogen-bond acceptors (Lipinski definition) is 6. The Bertz CT molecular complexity index is 1160. The van der Waals surface area contributed by atoms with E-state index in [4.69, 9.17) is 4.74 Å². The van der Waals surface area contributed by atoms with Gasteiger partial charge in [0.2, 0.25) is 5.75 Å². The molecule has 2 N–H and O–H groups in total. The number of carbonyl (C=O) groups is 1. The van der Waals surface area contributed by atoms with Gasteiger partial charge in [0.25, 0.3) is 11.5 Å². The first-order valence-corrected chi connectivity index (χ1v) is 9.63. The molecule has 8 nitrogen and oxygen atoms in total. The summed E-state index contributed by atoms with van der Waals surface area (Å²) >= 11 is 0. The zero-order valence-electron chi connectivity index (χ0n) is 16.8. The summed E-state index contributed by atoms with van der Waals surface area (Å²) in [5.74, 6) is -0.964. The minimum Gasteiger partial charge on any atom is -0.501 e. The quantitative estimate of drug-likeness (QED) is 0.688. The van der Waals surface area contributed by atoms with E-state index in [-0.39, 0.29) is 18.8 Å². The van der Waals surface area contributed by atoms with Crippen molar-refractivity contribution in [2.75, 3.05) is 6.61 Å². The highest BCUT2D eigenvalue weighted by atomic mass is 16.5. The first kappa shape index (κ1) is 19.8. The molecule has 0 atom stereocenters. The maximum Gasteiger partial charge on any atom is 0.296 e. The Hall–Kier alpha value is -3.52. The average molecular weight is 406 g/mol. The largest absolute Gasteiger partial charge is 0.501 e. The van der Waals surface area contributed by atoms with Crippen LogP contribution in [0.3, 0.4) is 0 Å². The number of ether oxygens (including phenoxy) is 1. The van der Waals surface area contributed by atoms with Gasteiger partial charge in [0.05, 0.1) is 13.2 Å². The Morgan fingerprint density at radius 2 is 1.97 bits per heavy atom. The van der Waals surface area contributed by atoms with Crippen molar-refractivity contribution in [3.05, 3.63) is 76.2 Å².